The van der Waals surface area contributed by atoms with Crippen molar-refractivity contribution < 1.29 is 9.63 Å². The number of thioether (sulfide) groups is 1. The van der Waals surface area contributed by atoms with Crippen molar-refractivity contribution in [2.75, 3.05) is 0 Å². The Kier molecular flexibility index (Phi) is 4.33. The highest BCUT2D eigenvalue weighted by Crippen LogP contribution is 2.22. The van der Waals surface area contributed by atoms with E-state index in [1.807, 2.05) is 0 Å². The third kappa shape index (κ3) is 3.25. The SMILES string of the molecule is CCCc1noc(CSc2nnnn2-c2ccc(O)cc2)n1. The molecule has 2 heterocycles. The summed E-state index contributed by atoms with van der Waals surface area (Å²) in [7, 11) is 0. The van der Waals surface area contributed by atoms with Gasteiger partial charge >= 0.3 is 0 Å². The van der Waals surface area contributed by atoms with Crippen LogP contribution in [0.3, 0.4) is 0 Å². The van der Waals surface area contributed by atoms with Crippen LogP contribution in [0.15, 0.2) is 33.9 Å². The summed E-state index contributed by atoms with van der Waals surface area (Å²) in [5, 5.41) is 25.5. The predicted octanol–water partition coefficient (Wildman–Crippen LogP) is 2.00. The second kappa shape index (κ2) is 6.56. The predicted molar refractivity (Wildman–Crippen MR) is 78.7 cm³/mol. The second-order valence-electron chi connectivity index (χ2n) is 4.53. The first-order valence-corrected chi connectivity index (χ1v) is 7.77. The summed E-state index contributed by atoms with van der Waals surface area (Å²) in [6, 6.07) is 6.64. The van der Waals surface area contributed by atoms with Crippen molar-refractivity contribution >= 4 is 11.8 Å². The summed E-state index contributed by atoms with van der Waals surface area (Å²) in [4.78, 5) is 4.30. The van der Waals surface area contributed by atoms with Gasteiger partial charge in [-0.2, -0.15) is 9.67 Å². The number of phenolic OH excluding ortho intramolecular Hbond substituents is 1. The summed E-state index contributed by atoms with van der Waals surface area (Å²) >= 11 is 1.41. The Morgan fingerprint density at radius 1 is 1.27 bits per heavy atom. The fourth-order valence-electron chi connectivity index (χ4n) is 1.83. The van der Waals surface area contributed by atoms with Crippen molar-refractivity contribution in [2.24, 2.45) is 0 Å². The van der Waals surface area contributed by atoms with Crippen molar-refractivity contribution in [3.05, 3.63) is 36.0 Å². The van der Waals surface area contributed by atoms with E-state index in [0.29, 0.717) is 16.8 Å². The number of hydrogen-bond acceptors (Lipinski definition) is 8. The molecular weight excluding hydrogens is 304 g/mol. The molecule has 3 aromatic rings. The van der Waals surface area contributed by atoms with Gasteiger partial charge in [0, 0.05) is 6.42 Å². The lowest BCUT2D eigenvalue weighted by atomic mass is 10.3. The number of benzene rings is 1. The van der Waals surface area contributed by atoms with Gasteiger partial charge in [-0.3, -0.25) is 0 Å². The highest BCUT2D eigenvalue weighted by atomic mass is 32.2. The van der Waals surface area contributed by atoms with Crippen LogP contribution in [0.25, 0.3) is 5.69 Å². The highest BCUT2D eigenvalue weighted by Gasteiger charge is 2.12. The fraction of sp³-hybridized carbons (Fsp3) is 0.308. The molecule has 0 aliphatic heterocycles. The van der Waals surface area contributed by atoms with Gasteiger partial charge in [0.15, 0.2) is 5.82 Å². The standard InChI is InChI=1S/C13H14N6O2S/c1-2-3-11-14-12(21-16-11)8-22-13-15-17-18-19(13)9-4-6-10(20)7-5-9/h4-7,20H,2-3,8H2,1H3. The molecule has 9 heteroatoms. The molecular formula is C13H14N6O2S. The van der Waals surface area contributed by atoms with Gasteiger partial charge in [-0.15, -0.1) is 5.10 Å². The first-order valence-electron chi connectivity index (χ1n) is 6.78. The van der Waals surface area contributed by atoms with Crippen molar-refractivity contribution in [1.82, 2.24) is 30.3 Å². The van der Waals surface area contributed by atoms with E-state index in [9.17, 15) is 5.11 Å². The second-order valence-corrected chi connectivity index (χ2v) is 5.48. The largest absolute Gasteiger partial charge is 0.508 e. The maximum Gasteiger partial charge on any atom is 0.237 e. The molecule has 0 radical (unpaired) electrons. The zero-order valence-corrected chi connectivity index (χ0v) is 12.7. The van der Waals surface area contributed by atoms with Crippen LogP contribution in [0.1, 0.15) is 25.1 Å². The van der Waals surface area contributed by atoms with E-state index in [0.717, 1.165) is 24.4 Å². The van der Waals surface area contributed by atoms with Crippen LogP contribution in [0, 0.1) is 0 Å². The van der Waals surface area contributed by atoms with Gasteiger partial charge in [0.2, 0.25) is 11.0 Å². The number of aromatic hydroxyl groups is 1. The van der Waals surface area contributed by atoms with E-state index in [1.54, 1.807) is 28.9 Å². The molecule has 0 aliphatic carbocycles. The molecule has 8 nitrogen and oxygen atoms in total. The van der Waals surface area contributed by atoms with Crippen LogP contribution < -0.4 is 0 Å². The lowest BCUT2D eigenvalue weighted by Crippen LogP contribution is -1.98. The van der Waals surface area contributed by atoms with Crippen molar-refractivity contribution in [3.8, 4) is 11.4 Å². The van der Waals surface area contributed by atoms with Crippen LogP contribution in [-0.2, 0) is 12.2 Å². The highest BCUT2D eigenvalue weighted by molar-refractivity contribution is 7.98. The van der Waals surface area contributed by atoms with Gasteiger partial charge in [0.05, 0.1) is 11.4 Å². The van der Waals surface area contributed by atoms with Gasteiger partial charge in [-0.05, 0) is 41.1 Å². The lowest BCUT2D eigenvalue weighted by Gasteiger charge is -2.02. The zero-order valence-electron chi connectivity index (χ0n) is 11.9. The number of phenols is 1. The minimum Gasteiger partial charge on any atom is -0.508 e. The minimum atomic E-state index is 0.195. The van der Waals surface area contributed by atoms with Gasteiger partial charge in [-0.25, -0.2) is 0 Å². The Bertz CT molecular complexity index is 739. The molecule has 0 fully saturated rings. The topological polar surface area (TPSA) is 103 Å². The summed E-state index contributed by atoms with van der Waals surface area (Å²) in [5.41, 5.74) is 0.766. The fourth-order valence-corrected chi connectivity index (χ4v) is 2.55. The third-order valence-electron chi connectivity index (χ3n) is 2.84. The Morgan fingerprint density at radius 2 is 2.09 bits per heavy atom. The average Bonchev–Trinajstić information content (AvgIpc) is 3.15. The minimum absolute atomic E-state index is 0.195. The van der Waals surface area contributed by atoms with E-state index in [1.165, 1.54) is 11.8 Å². The summed E-state index contributed by atoms with van der Waals surface area (Å²) in [6.07, 6.45) is 1.78. The molecule has 2 aromatic heterocycles. The van der Waals surface area contributed by atoms with Crippen LogP contribution in [0.5, 0.6) is 5.75 Å². The van der Waals surface area contributed by atoms with Crippen molar-refractivity contribution in [1.29, 1.82) is 0 Å². The molecule has 0 saturated carbocycles. The molecule has 1 aromatic carbocycles. The third-order valence-corrected chi connectivity index (χ3v) is 3.75. The molecule has 0 amide bonds. The Balaban J connectivity index is 1.70. The molecule has 0 atom stereocenters. The van der Waals surface area contributed by atoms with Crippen molar-refractivity contribution in [2.45, 2.75) is 30.7 Å². The summed E-state index contributed by atoms with van der Waals surface area (Å²) in [5.74, 6) is 1.96. The van der Waals surface area contributed by atoms with E-state index < -0.39 is 0 Å². The maximum atomic E-state index is 9.33. The van der Waals surface area contributed by atoms with Crippen molar-refractivity contribution in [3.63, 3.8) is 0 Å². The number of hydrogen-bond donors (Lipinski definition) is 1. The smallest absolute Gasteiger partial charge is 0.237 e. The first-order chi connectivity index (χ1) is 10.8. The molecule has 22 heavy (non-hydrogen) atoms. The molecule has 1 N–H and O–H groups in total. The first kappa shape index (κ1) is 14.5. The van der Waals surface area contributed by atoms with E-state index in [-0.39, 0.29) is 5.75 Å². The molecule has 0 aliphatic rings. The molecule has 114 valence electrons. The number of rotatable bonds is 6. The summed E-state index contributed by atoms with van der Waals surface area (Å²) < 4.78 is 6.77. The number of nitrogens with zero attached hydrogens (tertiary/aromatic N) is 6. The van der Waals surface area contributed by atoms with Crippen LogP contribution in [-0.4, -0.2) is 35.5 Å². The van der Waals surface area contributed by atoms with Gasteiger partial charge in [-0.1, -0.05) is 23.8 Å². The van der Waals surface area contributed by atoms with E-state index >= 15 is 0 Å². The molecule has 0 bridgehead atoms. The van der Waals surface area contributed by atoms with E-state index in [2.05, 4.69) is 32.6 Å². The lowest BCUT2D eigenvalue weighted by molar-refractivity contribution is 0.384. The number of aromatic nitrogens is 6. The molecule has 0 unspecified atom stereocenters. The Hall–Kier alpha value is -2.42. The number of tetrazole rings is 1. The average molecular weight is 318 g/mol. The van der Waals surface area contributed by atoms with E-state index in [4.69, 9.17) is 4.52 Å². The Labute approximate surface area is 130 Å². The van der Waals surface area contributed by atoms with Crippen LogP contribution in [0.4, 0.5) is 0 Å². The van der Waals surface area contributed by atoms with Gasteiger partial charge in [0.1, 0.15) is 5.75 Å². The normalized spacial score (nSPS) is 11.0. The molecule has 0 saturated heterocycles. The Morgan fingerprint density at radius 3 is 2.86 bits per heavy atom. The molecule has 3 rings (SSSR count). The van der Waals surface area contributed by atoms with Gasteiger partial charge < -0.3 is 9.63 Å². The summed E-state index contributed by atoms with van der Waals surface area (Å²) in [6.45, 7) is 2.07. The zero-order chi connectivity index (χ0) is 15.4. The maximum absolute atomic E-state index is 9.33. The quantitative estimate of drug-likeness (QED) is 0.688. The van der Waals surface area contributed by atoms with Crippen LogP contribution in [0.2, 0.25) is 0 Å². The van der Waals surface area contributed by atoms with Gasteiger partial charge in [0.25, 0.3) is 0 Å². The monoisotopic (exact) mass is 318 g/mol. The van der Waals surface area contributed by atoms with Crippen LogP contribution >= 0.6 is 11.8 Å². The number of aryl methyl sites for hydroxylation is 1. The molecule has 0 spiro atoms.